The van der Waals surface area contributed by atoms with Gasteiger partial charge >= 0.3 is 5.97 Å². The smallest absolute Gasteiger partial charge is 0.320 e. The minimum absolute atomic E-state index is 0. The average Bonchev–Trinajstić information content (AvgIpc) is 2.68. The van der Waals surface area contributed by atoms with Crippen molar-refractivity contribution in [3.8, 4) is 5.75 Å². The Kier molecular flexibility index (Phi) is 4.58. The molecule has 0 spiro atoms. The van der Waals surface area contributed by atoms with E-state index < -0.39 is 12.0 Å². The second-order valence-electron chi connectivity index (χ2n) is 3.59. The van der Waals surface area contributed by atoms with Crippen molar-refractivity contribution in [2.45, 2.75) is 18.6 Å². The summed E-state index contributed by atoms with van der Waals surface area (Å²) >= 11 is 0. The van der Waals surface area contributed by atoms with Gasteiger partial charge in [-0.05, 0) is 12.1 Å². The number of hydrogen-bond donors (Lipinski definition) is 2. The predicted octanol–water partition coefficient (Wildman–Crippen LogP) is 1.30. The fourth-order valence-electron chi connectivity index (χ4n) is 1.67. The van der Waals surface area contributed by atoms with Crippen molar-refractivity contribution in [2.75, 3.05) is 6.54 Å². The maximum Gasteiger partial charge on any atom is 0.320 e. The summed E-state index contributed by atoms with van der Waals surface area (Å²) in [6, 6.07) is 8.97. The molecule has 0 bridgehead atoms. The Balaban J connectivity index is 0.00000128. The Morgan fingerprint density at radius 2 is 2.06 bits per heavy atom. The number of hydrogen-bond acceptors (Lipinski definition) is 3. The highest BCUT2D eigenvalue weighted by molar-refractivity contribution is 5.85. The maximum absolute atomic E-state index is 10.7. The molecule has 1 aliphatic rings. The quantitative estimate of drug-likeness (QED) is 0.840. The van der Waals surface area contributed by atoms with Gasteiger partial charge in [0.1, 0.15) is 17.9 Å². The molecule has 0 amide bonds. The minimum atomic E-state index is -0.811. The standard InChI is InChI=1S/C11H13NO3.ClH/c13-11(14)10-6-9(7-12-10)15-8-4-2-1-3-5-8;/h1-5,9-10,12H,6-7H2,(H,13,14);1H/t9-,10+;/m1./s1. The lowest BCUT2D eigenvalue weighted by Gasteiger charge is -2.11. The van der Waals surface area contributed by atoms with Crippen molar-refractivity contribution < 1.29 is 14.6 Å². The van der Waals surface area contributed by atoms with Crippen molar-refractivity contribution in [1.82, 2.24) is 5.32 Å². The zero-order valence-electron chi connectivity index (χ0n) is 8.63. The highest BCUT2D eigenvalue weighted by atomic mass is 35.5. The Hall–Kier alpha value is -1.26. The molecule has 0 radical (unpaired) electrons. The number of carboxylic acids is 1. The van der Waals surface area contributed by atoms with E-state index in [4.69, 9.17) is 9.84 Å². The highest BCUT2D eigenvalue weighted by Crippen LogP contribution is 2.16. The zero-order chi connectivity index (χ0) is 10.7. The van der Waals surface area contributed by atoms with Crippen LogP contribution in [0.3, 0.4) is 0 Å². The summed E-state index contributed by atoms with van der Waals surface area (Å²) in [5.41, 5.74) is 0. The van der Waals surface area contributed by atoms with Crippen LogP contribution in [0.4, 0.5) is 0 Å². The number of benzene rings is 1. The van der Waals surface area contributed by atoms with Crippen LogP contribution < -0.4 is 10.1 Å². The summed E-state index contributed by atoms with van der Waals surface area (Å²) in [6.07, 6.45) is 0.470. The first-order valence-corrected chi connectivity index (χ1v) is 4.93. The van der Waals surface area contributed by atoms with Crippen LogP contribution in [-0.2, 0) is 4.79 Å². The highest BCUT2D eigenvalue weighted by Gasteiger charge is 2.30. The number of nitrogens with one attached hydrogen (secondary N) is 1. The van der Waals surface area contributed by atoms with Crippen LogP contribution >= 0.6 is 12.4 Å². The Morgan fingerprint density at radius 1 is 1.38 bits per heavy atom. The molecule has 1 saturated heterocycles. The van der Waals surface area contributed by atoms with Gasteiger partial charge in [0.15, 0.2) is 0 Å². The van der Waals surface area contributed by atoms with Crippen LogP contribution in [0, 0.1) is 0 Å². The molecule has 0 unspecified atom stereocenters. The zero-order valence-corrected chi connectivity index (χ0v) is 9.44. The van der Waals surface area contributed by atoms with Gasteiger partial charge in [-0.1, -0.05) is 18.2 Å². The van der Waals surface area contributed by atoms with Crippen LogP contribution in [0.2, 0.25) is 0 Å². The monoisotopic (exact) mass is 243 g/mol. The summed E-state index contributed by atoms with van der Waals surface area (Å²) in [5, 5.41) is 11.7. The molecule has 1 aromatic rings. The fraction of sp³-hybridized carbons (Fsp3) is 0.364. The van der Waals surface area contributed by atoms with Gasteiger partial charge in [-0.25, -0.2) is 0 Å². The van der Waals surface area contributed by atoms with Gasteiger partial charge in [0.2, 0.25) is 0 Å². The van der Waals surface area contributed by atoms with E-state index in [1.807, 2.05) is 30.3 Å². The number of rotatable bonds is 3. The number of aliphatic carboxylic acids is 1. The molecular weight excluding hydrogens is 230 g/mol. The Labute approximate surface area is 100 Å². The summed E-state index contributed by atoms with van der Waals surface area (Å²) in [7, 11) is 0. The summed E-state index contributed by atoms with van der Waals surface area (Å²) in [5.74, 6) is -0.0236. The molecule has 4 nitrogen and oxygen atoms in total. The fourth-order valence-corrected chi connectivity index (χ4v) is 1.67. The third-order valence-electron chi connectivity index (χ3n) is 2.43. The Morgan fingerprint density at radius 3 is 2.62 bits per heavy atom. The topological polar surface area (TPSA) is 58.6 Å². The molecular formula is C11H14ClNO3. The molecule has 2 atom stereocenters. The van der Waals surface area contributed by atoms with E-state index in [0.717, 1.165) is 5.75 Å². The van der Waals surface area contributed by atoms with Crippen molar-refractivity contribution in [2.24, 2.45) is 0 Å². The molecule has 0 aliphatic carbocycles. The predicted molar refractivity (Wildman–Crippen MR) is 62.1 cm³/mol. The summed E-state index contributed by atoms with van der Waals surface area (Å²) in [6.45, 7) is 0.589. The van der Waals surface area contributed by atoms with E-state index >= 15 is 0 Å². The lowest BCUT2D eigenvalue weighted by Crippen LogP contribution is -2.30. The third kappa shape index (κ3) is 3.12. The molecule has 2 rings (SSSR count). The van der Waals surface area contributed by atoms with Gasteiger partial charge in [-0.3, -0.25) is 4.79 Å². The van der Waals surface area contributed by atoms with E-state index in [9.17, 15) is 4.79 Å². The van der Waals surface area contributed by atoms with Crippen LogP contribution in [0.5, 0.6) is 5.75 Å². The van der Waals surface area contributed by atoms with Crippen LogP contribution in [-0.4, -0.2) is 29.8 Å². The van der Waals surface area contributed by atoms with Gasteiger partial charge < -0.3 is 15.2 Å². The van der Waals surface area contributed by atoms with Crippen molar-refractivity contribution in [3.63, 3.8) is 0 Å². The summed E-state index contributed by atoms with van der Waals surface area (Å²) in [4.78, 5) is 10.7. The first kappa shape index (κ1) is 12.8. The van der Waals surface area contributed by atoms with Crippen LogP contribution in [0.15, 0.2) is 30.3 Å². The maximum atomic E-state index is 10.7. The van der Waals surface area contributed by atoms with Gasteiger partial charge in [0.05, 0.1) is 0 Å². The van der Waals surface area contributed by atoms with E-state index in [-0.39, 0.29) is 18.5 Å². The summed E-state index contributed by atoms with van der Waals surface area (Å²) < 4.78 is 5.63. The molecule has 16 heavy (non-hydrogen) atoms. The van der Waals surface area contributed by atoms with Gasteiger partial charge in [-0.2, -0.15) is 0 Å². The number of para-hydroxylation sites is 1. The SMILES string of the molecule is Cl.O=C(O)[C@@H]1C[C@@H](Oc2ccccc2)CN1. The third-order valence-corrected chi connectivity index (χ3v) is 2.43. The van der Waals surface area contributed by atoms with Crippen molar-refractivity contribution in [1.29, 1.82) is 0 Å². The van der Waals surface area contributed by atoms with Crippen molar-refractivity contribution >= 4 is 18.4 Å². The van der Waals surface area contributed by atoms with Gasteiger partial charge in [0, 0.05) is 13.0 Å². The average molecular weight is 244 g/mol. The molecule has 88 valence electrons. The molecule has 0 aromatic heterocycles. The molecule has 1 aliphatic heterocycles. The van der Waals surface area contributed by atoms with E-state index in [0.29, 0.717) is 13.0 Å². The molecule has 1 fully saturated rings. The Bertz CT molecular complexity index is 344. The lowest BCUT2D eigenvalue weighted by atomic mass is 10.2. The van der Waals surface area contributed by atoms with E-state index in [2.05, 4.69) is 5.32 Å². The van der Waals surface area contributed by atoms with E-state index in [1.54, 1.807) is 0 Å². The molecule has 1 heterocycles. The van der Waals surface area contributed by atoms with Gasteiger partial charge in [-0.15, -0.1) is 12.4 Å². The van der Waals surface area contributed by atoms with Crippen LogP contribution in [0.25, 0.3) is 0 Å². The number of ether oxygens (including phenoxy) is 1. The molecule has 0 saturated carbocycles. The molecule has 5 heteroatoms. The van der Waals surface area contributed by atoms with Crippen LogP contribution in [0.1, 0.15) is 6.42 Å². The van der Waals surface area contributed by atoms with Crippen molar-refractivity contribution in [3.05, 3.63) is 30.3 Å². The molecule has 2 N–H and O–H groups in total. The normalized spacial score (nSPS) is 23.5. The second-order valence-corrected chi connectivity index (χ2v) is 3.59. The second kappa shape index (κ2) is 5.72. The first-order valence-electron chi connectivity index (χ1n) is 4.93. The lowest BCUT2D eigenvalue weighted by molar-refractivity contribution is -0.139. The van der Waals surface area contributed by atoms with E-state index in [1.165, 1.54) is 0 Å². The van der Waals surface area contributed by atoms with Gasteiger partial charge in [0.25, 0.3) is 0 Å². The largest absolute Gasteiger partial charge is 0.489 e. The minimum Gasteiger partial charge on any atom is -0.489 e. The number of carboxylic acid groups (broad SMARTS) is 1. The molecule has 1 aromatic carbocycles. The number of carbonyl (C=O) groups is 1. The number of halogens is 1. The first-order chi connectivity index (χ1) is 7.25.